The summed E-state index contributed by atoms with van der Waals surface area (Å²) in [6, 6.07) is 0. The second kappa shape index (κ2) is 18.0. The predicted molar refractivity (Wildman–Crippen MR) is 95.4 cm³/mol. The Morgan fingerprint density at radius 3 is 1.52 bits per heavy atom. The molecule has 0 bridgehead atoms. The first-order valence-corrected chi connectivity index (χ1v) is 9.70. The van der Waals surface area contributed by atoms with Gasteiger partial charge in [-0.1, -0.05) is 97.8 Å². The third-order valence-corrected chi connectivity index (χ3v) is 4.08. The highest BCUT2D eigenvalue weighted by Crippen LogP contribution is 2.14. The van der Waals surface area contributed by atoms with E-state index < -0.39 is 0 Å². The lowest BCUT2D eigenvalue weighted by molar-refractivity contribution is 0.188. The van der Waals surface area contributed by atoms with Gasteiger partial charge in [0.25, 0.3) is 0 Å². The maximum Gasteiger partial charge on any atom is 0.0833 e. The Balaban J connectivity index is 2.93. The Labute approximate surface area is 135 Å². The van der Waals surface area contributed by atoms with Gasteiger partial charge in [-0.15, -0.1) is 0 Å². The van der Waals surface area contributed by atoms with E-state index in [2.05, 4.69) is 20.8 Å². The van der Waals surface area contributed by atoms with Crippen LogP contribution in [0.3, 0.4) is 0 Å². The summed E-state index contributed by atoms with van der Waals surface area (Å²) in [5.74, 6) is 0.890. The summed E-state index contributed by atoms with van der Waals surface area (Å²) in [7, 11) is 0. The quantitative estimate of drug-likeness (QED) is 0.256. The molecule has 21 heavy (non-hydrogen) atoms. The number of rotatable bonds is 17. The minimum atomic E-state index is 0.890. The molecule has 1 nitrogen and oxygen atoms in total. The van der Waals surface area contributed by atoms with Crippen LogP contribution in [0.4, 0.5) is 0 Å². The second-order valence-corrected chi connectivity index (χ2v) is 6.87. The van der Waals surface area contributed by atoms with Crippen LogP contribution < -0.4 is 0 Å². The number of unbranched alkanes of at least 4 members (excludes halogenated alkanes) is 11. The van der Waals surface area contributed by atoms with Crippen molar-refractivity contribution in [3.05, 3.63) is 6.61 Å². The van der Waals surface area contributed by atoms with Gasteiger partial charge < -0.3 is 4.74 Å². The van der Waals surface area contributed by atoms with Crippen molar-refractivity contribution >= 4 is 0 Å². The minimum absolute atomic E-state index is 0.890. The summed E-state index contributed by atoms with van der Waals surface area (Å²) < 4.78 is 5.37. The first-order valence-electron chi connectivity index (χ1n) is 9.70. The average molecular weight is 298 g/mol. The Bertz CT molecular complexity index is 177. The summed E-state index contributed by atoms with van der Waals surface area (Å²) in [6.07, 6.45) is 19.5. The zero-order chi connectivity index (χ0) is 15.6. The molecule has 0 aromatic carbocycles. The van der Waals surface area contributed by atoms with Gasteiger partial charge in [-0.2, -0.15) is 0 Å². The maximum absolute atomic E-state index is 5.37. The van der Waals surface area contributed by atoms with E-state index in [-0.39, 0.29) is 0 Å². The van der Waals surface area contributed by atoms with Crippen molar-refractivity contribution in [1.82, 2.24) is 0 Å². The first-order chi connectivity index (χ1) is 10.3. The van der Waals surface area contributed by atoms with Gasteiger partial charge in [0.2, 0.25) is 0 Å². The number of ether oxygens (including phenoxy) is 1. The molecule has 0 aliphatic rings. The van der Waals surface area contributed by atoms with Gasteiger partial charge in [0, 0.05) is 6.61 Å². The molecule has 0 rings (SSSR count). The van der Waals surface area contributed by atoms with E-state index in [4.69, 9.17) is 4.74 Å². The lowest BCUT2D eigenvalue weighted by Gasteiger charge is -2.05. The molecule has 0 aliphatic carbocycles. The van der Waals surface area contributed by atoms with E-state index in [1.54, 1.807) is 0 Å². The second-order valence-electron chi connectivity index (χ2n) is 6.87. The van der Waals surface area contributed by atoms with E-state index >= 15 is 0 Å². The molecule has 0 saturated heterocycles. The molecule has 0 fully saturated rings. The summed E-state index contributed by atoms with van der Waals surface area (Å²) in [4.78, 5) is 0. The summed E-state index contributed by atoms with van der Waals surface area (Å²) in [6.45, 7) is 9.62. The van der Waals surface area contributed by atoms with E-state index in [0.29, 0.717) is 0 Å². The van der Waals surface area contributed by atoms with Crippen molar-refractivity contribution in [2.24, 2.45) is 5.92 Å². The Morgan fingerprint density at radius 2 is 1.10 bits per heavy atom. The largest absolute Gasteiger partial charge is 0.376 e. The lowest BCUT2D eigenvalue weighted by Crippen LogP contribution is -1.91. The molecule has 0 unspecified atom stereocenters. The Kier molecular flexibility index (Phi) is 18.0. The van der Waals surface area contributed by atoms with Crippen molar-refractivity contribution in [3.63, 3.8) is 0 Å². The Hall–Kier alpha value is -0.0400. The fourth-order valence-electron chi connectivity index (χ4n) is 2.71. The van der Waals surface area contributed by atoms with Crippen molar-refractivity contribution in [2.45, 2.75) is 111 Å². The van der Waals surface area contributed by atoms with Crippen LogP contribution in [0.2, 0.25) is 0 Å². The SMILES string of the molecule is CC[CH]OCCCCCCCCCCCCCCC(C)C. The predicted octanol–water partition coefficient (Wildman–Crippen LogP) is 7.30. The van der Waals surface area contributed by atoms with Crippen LogP contribution >= 0.6 is 0 Å². The first kappa shape index (κ1) is 21.0. The summed E-state index contributed by atoms with van der Waals surface area (Å²) in [5.41, 5.74) is 0. The molecule has 0 N–H and O–H groups in total. The van der Waals surface area contributed by atoms with Crippen molar-refractivity contribution in [3.8, 4) is 0 Å². The number of hydrogen-bond acceptors (Lipinski definition) is 1. The van der Waals surface area contributed by atoms with Gasteiger partial charge in [-0.05, 0) is 18.8 Å². The maximum atomic E-state index is 5.37. The zero-order valence-corrected chi connectivity index (χ0v) is 15.2. The van der Waals surface area contributed by atoms with Gasteiger partial charge in [-0.25, -0.2) is 0 Å². The molecule has 1 radical (unpaired) electrons. The molecule has 0 spiro atoms. The molecule has 127 valence electrons. The minimum Gasteiger partial charge on any atom is -0.376 e. The van der Waals surface area contributed by atoms with Crippen molar-refractivity contribution in [2.75, 3.05) is 6.61 Å². The van der Waals surface area contributed by atoms with Gasteiger partial charge in [0.05, 0.1) is 6.61 Å². The number of hydrogen-bond donors (Lipinski definition) is 0. The molecule has 0 heterocycles. The highest BCUT2D eigenvalue weighted by atomic mass is 16.5. The molecule has 0 amide bonds. The van der Waals surface area contributed by atoms with E-state index in [9.17, 15) is 0 Å². The normalized spacial score (nSPS) is 11.4. The third kappa shape index (κ3) is 20.0. The van der Waals surface area contributed by atoms with Crippen LogP contribution in [0.5, 0.6) is 0 Å². The van der Waals surface area contributed by atoms with Crippen LogP contribution in [0.1, 0.15) is 111 Å². The highest BCUT2D eigenvalue weighted by molar-refractivity contribution is 4.51. The van der Waals surface area contributed by atoms with Gasteiger partial charge in [-0.3, -0.25) is 0 Å². The highest BCUT2D eigenvalue weighted by Gasteiger charge is 1.96. The molecular formula is C20H41O. The summed E-state index contributed by atoms with van der Waals surface area (Å²) >= 11 is 0. The molecule has 0 atom stereocenters. The van der Waals surface area contributed by atoms with Gasteiger partial charge >= 0.3 is 0 Å². The summed E-state index contributed by atoms with van der Waals surface area (Å²) in [5, 5.41) is 0. The average Bonchev–Trinajstić information content (AvgIpc) is 2.46. The monoisotopic (exact) mass is 297 g/mol. The van der Waals surface area contributed by atoms with E-state index in [1.165, 1.54) is 83.5 Å². The molecule has 0 aromatic rings. The molecule has 0 aliphatic heterocycles. The van der Waals surface area contributed by atoms with Gasteiger partial charge in [0.15, 0.2) is 0 Å². The standard InChI is InChI=1S/C20H41O/c1-4-18-21-19-16-14-12-10-8-6-5-7-9-11-13-15-17-20(2)3/h18,20H,4-17,19H2,1-3H3. The van der Waals surface area contributed by atoms with E-state index in [1.807, 2.05) is 6.61 Å². The fourth-order valence-corrected chi connectivity index (χ4v) is 2.71. The van der Waals surface area contributed by atoms with Crippen LogP contribution in [0.25, 0.3) is 0 Å². The lowest BCUT2D eigenvalue weighted by atomic mass is 10.0. The van der Waals surface area contributed by atoms with Crippen LogP contribution in [-0.4, -0.2) is 6.61 Å². The topological polar surface area (TPSA) is 9.23 Å². The molecule has 0 aromatic heterocycles. The molecule has 1 heteroatoms. The van der Waals surface area contributed by atoms with Gasteiger partial charge in [0.1, 0.15) is 0 Å². The van der Waals surface area contributed by atoms with Crippen LogP contribution in [0.15, 0.2) is 0 Å². The molecule has 0 saturated carbocycles. The van der Waals surface area contributed by atoms with Crippen molar-refractivity contribution < 1.29 is 4.74 Å². The third-order valence-electron chi connectivity index (χ3n) is 4.08. The smallest absolute Gasteiger partial charge is 0.0833 e. The Morgan fingerprint density at radius 1 is 0.667 bits per heavy atom. The van der Waals surface area contributed by atoms with Crippen LogP contribution in [-0.2, 0) is 4.74 Å². The van der Waals surface area contributed by atoms with Crippen LogP contribution in [0, 0.1) is 12.5 Å². The van der Waals surface area contributed by atoms with E-state index in [0.717, 1.165) is 18.9 Å². The van der Waals surface area contributed by atoms with Crippen molar-refractivity contribution in [1.29, 1.82) is 0 Å². The zero-order valence-electron chi connectivity index (χ0n) is 15.2. The molecular weight excluding hydrogens is 256 g/mol. The fraction of sp³-hybridized carbons (Fsp3) is 0.950.